The highest BCUT2D eigenvalue weighted by molar-refractivity contribution is 5.02. The van der Waals surface area contributed by atoms with E-state index in [1.165, 1.54) is 19.3 Å². The predicted molar refractivity (Wildman–Crippen MR) is 62.3 cm³/mol. The minimum absolute atomic E-state index is 0.248. The van der Waals surface area contributed by atoms with Crippen LogP contribution in [0.2, 0.25) is 0 Å². The summed E-state index contributed by atoms with van der Waals surface area (Å²) in [6.45, 7) is 2.54. The molecule has 2 unspecified atom stereocenters. The minimum Gasteiger partial charge on any atom is -0.396 e. The molecule has 1 N–H and O–H groups in total. The van der Waals surface area contributed by atoms with Gasteiger partial charge in [0.15, 0.2) is 0 Å². The van der Waals surface area contributed by atoms with Crippen molar-refractivity contribution < 1.29 is 14.6 Å². The lowest BCUT2D eigenvalue weighted by Gasteiger charge is -2.28. The Labute approximate surface area is 98.1 Å². The largest absolute Gasteiger partial charge is 0.396 e. The van der Waals surface area contributed by atoms with Crippen molar-refractivity contribution in [3.05, 3.63) is 0 Å². The molecule has 0 aliphatic heterocycles. The summed E-state index contributed by atoms with van der Waals surface area (Å²) in [5.74, 6) is 1.89. The molecule has 0 bridgehead atoms. The van der Waals surface area contributed by atoms with Gasteiger partial charge in [-0.05, 0) is 49.4 Å². The molecule has 2 saturated carbocycles. The SMILES string of the molecule is COCCOCCCC1(CO)CC2CC2C1. The normalized spacial score (nSPS) is 36.4. The summed E-state index contributed by atoms with van der Waals surface area (Å²) in [5.41, 5.74) is 0.248. The Bertz CT molecular complexity index is 207. The monoisotopic (exact) mass is 228 g/mol. The lowest BCUT2D eigenvalue weighted by atomic mass is 9.80. The van der Waals surface area contributed by atoms with Gasteiger partial charge >= 0.3 is 0 Å². The van der Waals surface area contributed by atoms with Crippen LogP contribution >= 0.6 is 0 Å². The van der Waals surface area contributed by atoms with Gasteiger partial charge in [-0.15, -0.1) is 0 Å². The molecule has 2 fully saturated rings. The van der Waals surface area contributed by atoms with Crippen molar-refractivity contribution >= 4 is 0 Å². The maximum Gasteiger partial charge on any atom is 0.0700 e. The maximum absolute atomic E-state index is 9.53. The molecule has 2 aliphatic rings. The van der Waals surface area contributed by atoms with Crippen molar-refractivity contribution in [2.75, 3.05) is 33.5 Å². The van der Waals surface area contributed by atoms with E-state index >= 15 is 0 Å². The average Bonchev–Trinajstić information content (AvgIpc) is 2.92. The second-order valence-electron chi connectivity index (χ2n) is 5.53. The first-order valence-corrected chi connectivity index (χ1v) is 6.47. The van der Waals surface area contributed by atoms with Crippen molar-refractivity contribution in [1.29, 1.82) is 0 Å². The fraction of sp³-hybridized carbons (Fsp3) is 1.00. The van der Waals surface area contributed by atoms with Crippen LogP contribution in [0.3, 0.4) is 0 Å². The van der Waals surface area contributed by atoms with Crippen LogP contribution in [0.25, 0.3) is 0 Å². The average molecular weight is 228 g/mol. The third kappa shape index (κ3) is 2.96. The molecule has 0 amide bonds. The summed E-state index contributed by atoms with van der Waals surface area (Å²) < 4.78 is 10.4. The first-order chi connectivity index (χ1) is 7.79. The van der Waals surface area contributed by atoms with E-state index in [-0.39, 0.29) is 5.41 Å². The van der Waals surface area contributed by atoms with Gasteiger partial charge in [0, 0.05) is 20.3 Å². The Morgan fingerprint density at radius 2 is 1.94 bits per heavy atom. The highest BCUT2D eigenvalue weighted by atomic mass is 16.5. The standard InChI is InChI=1S/C13H24O3/c1-15-5-6-16-4-2-3-13(10-14)8-11-7-12(11)9-13/h11-12,14H,2-10H2,1H3. The van der Waals surface area contributed by atoms with E-state index < -0.39 is 0 Å². The number of aliphatic hydroxyl groups excluding tert-OH is 1. The number of methoxy groups -OCH3 is 1. The van der Waals surface area contributed by atoms with E-state index in [9.17, 15) is 5.11 Å². The summed E-state index contributed by atoms with van der Waals surface area (Å²) in [5, 5.41) is 9.53. The highest BCUT2D eigenvalue weighted by Gasteiger charge is 2.52. The number of fused-ring (bicyclic) bond motifs is 1. The fourth-order valence-corrected chi connectivity index (χ4v) is 3.21. The summed E-state index contributed by atoms with van der Waals surface area (Å²) in [7, 11) is 1.69. The number of ether oxygens (including phenoxy) is 2. The summed E-state index contributed by atoms with van der Waals surface area (Å²) in [6.07, 6.45) is 6.14. The second kappa shape index (κ2) is 5.48. The van der Waals surface area contributed by atoms with Crippen LogP contribution in [0.5, 0.6) is 0 Å². The van der Waals surface area contributed by atoms with Crippen molar-refractivity contribution in [3.63, 3.8) is 0 Å². The Morgan fingerprint density at radius 3 is 2.56 bits per heavy atom. The third-order valence-corrected chi connectivity index (χ3v) is 4.22. The second-order valence-corrected chi connectivity index (χ2v) is 5.53. The third-order valence-electron chi connectivity index (χ3n) is 4.22. The molecule has 0 heterocycles. The fourth-order valence-electron chi connectivity index (χ4n) is 3.21. The van der Waals surface area contributed by atoms with Crippen LogP contribution < -0.4 is 0 Å². The Balaban J connectivity index is 1.57. The van der Waals surface area contributed by atoms with Crippen LogP contribution in [0.15, 0.2) is 0 Å². The van der Waals surface area contributed by atoms with Gasteiger partial charge in [0.2, 0.25) is 0 Å². The van der Waals surface area contributed by atoms with Gasteiger partial charge in [-0.25, -0.2) is 0 Å². The van der Waals surface area contributed by atoms with Gasteiger partial charge < -0.3 is 14.6 Å². The van der Waals surface area contributed by atoms with E-state index in [1.807, 2.05) is 0 Å². The molecule has 2 rings (SSSR count). The van der Waals surface area contributed by atoms with Gasteiger partial charge in [-0.1, -0.05) is 0 Å². The molecule has 2 atom stereocenters. The molecule has 0 spiro atoms. The Morgan fingerprint density at radius 1 is 1.19 bits per heavy atom. The molecule has 2 aliphatic carbocycles. The molecule has 0 radical (unpaired) electrons. The molecule has 94 valence electrons. The zero-order valence-electron chi connectivity index (χ0n) is 10.3. The minimum atomic E-state index is 0.248. The molecule has 0 aromatic carbocycles. The molecule has 3 heteroatoms. The van der Waals surface area contributed by atoms with Gasteiger partial charge in [-0.2, -0.15) is 0 Å². The van der Waals surface area contributed by atoms with Crippen LogP contribution in [0, 0.1) is 17.3 Å². The zero-order valence-corrected chi connectivity index (χ0v) is 10.3. The summed E-state index contributed by atoms with van der Waals surface area (Å²) in [4.78, 5) is 0. The number of hydrogen-bond donors (Lipinski definition) is 1. The molecular formula is C13H24O3. The van der Waals surface area contributed by atoms with Crippen LogP contribution in [-0.4, -0.2) is 38.6 Å². The van der Waals surface area contributed by atoms with Gasteiger partial charge in [0.05, 0.1) is 13.2 Å². The molecule has 0 aromatic heterocycles. The van der Waals surface area contributed by atoms with E-state index in [2.05, 4.69) is 0 Å². The van der Waals surface area contributed by atoms with Crippen molar-refractivity contribution in [1.82, 2.24) is 0 Å². The summed E-state index contributed by atoms with van der Waals surface area (Å²) in [6, 6.07) is 0. The van der Waals surface area contributed by atoms with Gasteiger partial charge in [-0.3, -0.25) is 0 Å². The first-order valence-electron chi connectivity index (χ1n) is 6.47. The number of rotatable bonds is 8. The maximum atomic E-state index is 9.53. The van der Waals surface area contributed by atoms with Gasteiger partial charge in [0.1, 0.15) is 0 Å². The quantitative estimate of drug-likeness (QED) is 0.644. The van der Waals surface area contributed by atoms with Crippen molar-refractivity contribution in [2.24, 2.45) is 17.3 Å². The number of hydrogen-bond acceptors (Lipinski definition) is 3. The van der Waals surface area contributed by atoms with E-state index in [4.69, 9.17) is 9.47 Å². The predicted octanol–water partition coefficient (Wildman–Crippen LogP) is 1.84. The topological polar surface area (TPSA) is 38.7 Å². The van der Waals surface area contributed by atoms with Gasteiger partial charge in [0.25, 0.3) is 0 Å². The first kappa shape index (κ1) is 12.3. The molecular weight excluding hydrogens is 204 g/mol. The van der Waals surface area contributed by atoms with Crippen molar-refractivity contribution in [3.8, 4) is 0 Å². The molecule has 0 aromatic rings. The molecule has 16 heavy (non-hydrogen) atoms. The highest BCUT2D eigenvalue weighted by Crippen LogP contribution is 2.61. The van der Waals surface area contributed by atoms with E-state index in [0.717, 1.165) is 31.3 Å². The van der Waals surface area contributed by atoms with Crippen LogP contribution in [0.1, 0.15) is 32.1 Å². The van der Waals surface area contributed by atoms with E-state index in [1.54, 1.807) is 7.11 Å². The smallest absolute Gasteiger partial charge is 0.0700 e. The lowest BCUT2D eigenvalue weighted by molar-refractivity contribution is 0.0532. The Hall–Kier alpha value is -0.120. The van der Waals surface area contributed by atoms with E-state index in [0.29, 0.717) is 19.8 Å². The van der Waals surface area contributed by atoms with Crippen LogP contribution in [-0.2, 0) is 9.47 Å². The lowest BCUT2D eigenvalue weighted by Crippen LogP contribution is -2.24. The summed E-state index contributed by atoms with van der Waals surface area (Å²) >= 11 is 0. The van der Waals surface area contributed by atoms with Crippen molar-refractivity contribution in [2.45, 2.75) is 32.1 Å². The molecule has 0 saturated heterocycles. The molecule has 3 nitrogen and oxygen atoms in total. The zero-order chi connectivity index (χ0) is 11.4. The number of aliphatic hydroxyl groups is 1. The van der Waals surface area contributed by atoms with Crippen LogP contribution in [0.4, 0.5) is 0 Å². The Kier molecular flexibility index (Phi) is 4.22.